The molecule has 158 valence electrons. The van der Waals surface area contributed by atoms with Crippen LogP contribution in [0, 0.1) is 0 Å². The monoisotopic (exact) mass is 408 g/mol. The number of rotatable bonds is 6. The molecule has 0 aliphatic carbocycles. The Morgan fingerprint density at radius 2 is 1.90 bits per heavy atom. The normalized spacial score (nSPS) is 14.8. The molecule has 1 amide bonds. The summed E-state index contributed by atoms with van der Waals surface area (Å²) in [5.41, 5.74) is 2.89. The number of carbonyl (C=O) groups is 1. The molecule has 0 bridgehead atoms. The van der Waals surface area contributed by atoms with Crippen LogP contribution < -0.4 is 9.64 Å². The molecule has 7 heteroatoms. The number of amides is 1. The van der Waals surface area contributed by atoms with E-state index in [4.69, 9.17) is 9.15 Å². The average molecular weight is 409 g/mol. The van der Waals surface area contributed by atoms with Gasteiger partial charge in [-0.3, -0.25) is 9.69 Å². The Hall–Kier alpha value is -3.06. The van der Waals surface area contributed by atoms with E-state index in [9.17, 15) is 4.79 Å². The lowest BCUT2D eigenvalue weighted by Crippen LogP contribution is -2.47. The molecule has 1 fully saturated rings. The topological polar surface area (TPSA) is 62.1 Å². The van der Waals surface area contributed by atoms with Crippen molar-refractivity contribution >= 4 is 22.6 Å². The predicted octanol–water partition coefficient (Wildman–Crippen LogP) is 2.90. The lowest BCUT2D eigenvalue weighted by Gasteiger charge is -2.36. The first kappa shape index (κ1) is 20.2. The van der Waals surface area contributed by atoms with Gasteiger partial charge in [-0.1, -0.05) is 18.2 Å². The molecule has 3 heterocycles. The molecule has 1 aromatic carbocycles. The van der Waals surface area contributed by atoms with Gasteiger partial charge in [0.25, 0.3) is 5.91 Å². The fourth-order valence-corrected chi connectivity index (χ4v) is 3.82. The van der Waals surface area contributed by atoms with Crippen LogP contribution in [-0.4, -0.2) is 74.6 Å². The predicted molar refractivity (Wildman–Crippen MR) is 117 cm³/mol. The van der Waals surface area contributed by atoms with Crippen LogP contribution in [0.1, 0.15) is 16.2 Å². The van der Waals surface area contributed by atoms with Crippen molar-refractivity contribution in [2.24, 2.45) is 0 Å². The summed E-state index contributed by atoms with van der Waals surface area (Å²) >= 11 is 0. The van der Waals surface area contributed by atoms with Crippen molar-refractivity contribution in [3.05, 3.63) is 53.9 Å². The van der Waals surface area contributed by atoms with Gasteiger partial charge in [-0.2, -0.15) is 0 Å². The van der Waals surface area contributed by atoms with Crippen LogP contribution in [0.25, 0.3) is 11.0 Å². The van der Waals surface area contributed by atoms with Gasteiger partial charge in [0, 0.05) is 70.4 Å². The molecular weight excluding hydrogens is 380 g/mol. The number of aromatic nitrogens is 1. The van der Waals surface area contributed by atoms with E-state index in [2.05, 4.69) is 20.9 Å². The number of furan rings is 1. The Bertz CT molecular complexity index is 1020. The number of methoxy groups -OCH3 is 1. The van der Waals surface area contributed by atoms with Crippen LogP contribution in [0.5, 0.6) is 5.88 Å². The maximum Gasteiger partial charge on any atom is 0.289 e. The highest BCUT2D eigenvalue weighted by Crippen LogP contribution is 2.30. The molecule has 2 aromatic heterocycles. The highest BCUT2D eigenvalue weighted by atomic mass is 16.5. The second-order valence-electron chi connectivity index (χ2n) is 7.76. The number of hydrogen-bond donors (Lipinski definition) is 0. The number of para-hydroxylation sites is 1. The first-order valence-corrected chi connectivity index (χ1v) is 10.3. The van der Waals surface area contributed by atoms with Crippen molar-refractivity contribution in [1.82, 2.24) is 14.8 Å². The van der Waals surface area contributed by atoms with E-state index < -0.39 is 0 Å². The first-order chi connectivity index (χ1) is 14.5. The third-order valence-corrected chi connectivity index (χ3v) is 5.53. The number of hydrogen-bond acceptors (Lipinski definition) is 6. The lowest BCUT2D eigenvalue weighted by molar-refractivity contribution is 0.0799. The van der Waals surface area contributed by atoms with Crippen molar-refractivity contribution < 1.29 is 13.9 Å². The van der Waals surface area contributed by atoms with Crippen LogP contribution in [0.4, 0.5) is 5.69 Å². The zero-order chi connectivity index (χ0) is 21.1. The van der Waals surface area contributed by atoms with E-state index in [0.717, 1.165) is 61.5 Å². The van der Waals surface area contributed by atoms with Gasteiger partial charge in [0.05, 0.1) is 12.8 Å². The molecule has 0 unspecified atom stereocenters. The second kappa shape index (κ2) is 8.75. The molecule has 7 nitrogen and oxygen atoms in total. The Balaban J connectivity index is 1.40. The Kier molecular flexibility index (Phi) is 5.90. The van der Waals surface area contributed by atoms with E-state index in [1.165, 1.54) is 4.90 Å². The zero-order valence-electron chi connectivity index (χ0n) is 17.8. The van der Waals surface area contributed by atoms with E-state index >= 15 is 0 Å². The third-order valence-electron chi connectivity index (χ3n) is 5.53. The summed E-state index contributed by atoms with van der Waals surface area (Å²) in [4.78, 5) is 23.1. The molecule has 0 spiro atoms. The van der Waals surface area contributed by atoms with Gasteiger partial charge in [0.1, 0.15) is 0 Å². The Morgan fingerprint density at radius 3 is 2.63 bits per heavy atom. The van der Waals surface area contributed by atoms with Crippen molar-refractivity contribution in [1.29, 1.82) is 0 Å². The molecular formula is C23H28N4O3. The Labute approximate surface area is 176 Å². The number of carbonyl (C=O) groups excluding carboxylic acids is 1. The number of piperazine rings is 1. The average Bonchev–Trinajstić information content (AvgIpc) is 3.22. The van der Waals surface area contributed by atoms with Crippen LogP contribution >= 0.6 is 0 Å². The van der Waals surface area contributed by atoms with E-state index in [0.29, 0.717) is 11.6 Å². The largest absolute Gasteiger partial charge is 0.481 e. The summed E-state index contributed by atoms with van der Waals surface area (Å²) in [7, 11) is 5.11. The summed E-state index contributed by atoms with van der Waals surface area (Å²) in [5, 5.41) is 0.962. The van der Waals surface area contributed by atoms with E-state index in [-0.39, 0.29) is 5.91 Å². The molecule has 0 N–H and O–H groups in total. The Morgan fingerprint density at radius 1 is 1.13 bits per heavy atom. The molecule has 30 heavy (non-hydrogen) atoms. The van der Waals surface area contributed by atoms with Gasteiger partial charge >= 0.3 is 0 Å². The van der Waals surface area contributed by atoms with Crippen LogP contribution in [-0.2, 0) is 6.42 Å². The number of pyridine rings is 1. The van der Waals surface area contributed by atoms with Gasteiger partial charge in [-0.25, -0.2) is 4.98 Å². The fourth-order valence-electron chi connectivity index (χ4n) is 3.82. The summed E-state index contributed by atoms with van der Waals surface area (Å²) in [6.07, 6.45) is 0.904. The zero-order valence-corrected chi connectivity index (χ0v) is 17.8. The van der Waals surface area contributed by atoms with Gasteiger partial charge < -0.3 is 19.0 Å². The van der Waals surface area contributed by atoms with E-state index in [1.54, 1.807) is 21.2 Å². The SMILES string of the molecule is COc1cccc(CCN2CCN(c3cccc4cc(C(=O)N(C)C)oc34)CC2)n1. The van der Waals surface area contributed by atoms with Gasteiger partial charge in [0.15, 0.2) is 11.3 Å². The molecule has 1 aliphatic rings. The van der Waals surface area contributed by atoms with Gasteiger partial charge in [-0.15, -0.1) is 0 Å². The molecule has 0 radical (unpaired) electrons. The van der Waals surface area contributed by atoms with Crippen LogP contribution in [0.3, 0.4) is 0 Å². The minimum Gasteiger partial charge on any atom is -0.481 e. The maximum absolute atomic E-state index is 12.3. The summed E-state index contributed by atoms with van der Waals surface area (Å²) in [6.45, 7) is 4.76. The number of anilines is 1. The fraction of sp³-hybridized carbons (Fsp3) is 0.391. The summed E-state index contributed by atoms with van der Waals surface area (Å²) in [6, 6.07) is 13.8. The van der Waals surface area contributed by atoms with E-state index in [1.807, 2.05) is 36.4 Å². The maximum atomic E-state index is 12.3. The highest BCUT2D eigenvalue weighted by Gasteiger charge is 2.22. The third kappa shape index (κ3) is 4.26. The van der Waals surface area contributed by atoms with Crippen LogP contribution in [0.15, 0.2) is 46.9 Å². The molecule has 0 saturated carbocycles. The standard InChI is InChI=1S/C23H28N4O3/c1-25(2)23(28)20-16-17-6-4-8-19(22(17)30-20)27-14-12-26(13-15-27)11-10-18-7-5-9-21(24-18)29-3/h4-9,16H,10-15H2,1-3H3. The van der Waals surface area contributed by atoms with Crippen LogP contribution in [0.2, 0.25) is 0 Å². The van der Waals surface area contributed by atoms with Gasteiger partial charge in [0.2, 0.25) is 5.88 Å². The number of fused-ring (bicyclic) bond motifs is 1. The van der Waals surface area contributed by atoms with Crippen molar-refractivity contribution in [2.45, 2.75) is 6.42 Å². The molecule has 4 rings (SSSR count). The number of benzene rings is 1. The van der Waals surface area contributed by atoms with Crippen molar-refractivity contribution in [3.8, 4) is 5.88 Å². The molecule has 3 aromatic rings. The quantitative estimate of drug-likeness (QED) is 0.625. The van der Waals surface area contributed by atoms with Crippen molar-refractivity contribution in [3.63, 3.8) is 0 Å². The number of ether oxygens (including phenoxy) is 1. The number of nitrogens with zero attached hydrogens (tertiary/aromatic N) is 4. The lowest BCUT2D eigenvalue weighted by atomic mass is 10.2. The summed E-state index contributed by atoms with van der Waals surface area (Å²) in [5.74, 6) is 0.927. The van der Waals surface area contributed by atoms with Crippen molar-refractivity contribution in [2.75, 3.05) is 58.8 Å². The first-order valence-electron chi connectivity index (χ1n) is 10.3. The minimum atomic E-state index is -0.117. The minimum absolute atomic E-state index is 0.117. The smallest absolute Gasteiger partial charge is 0.289 e. The molecule has 0 atom stereocenters. The summed E-state index contributed by atoms with van der Waals surface area (Å²) < 4.78 is 11.2. The highest BCUT2D eigenvalue weighted by molar-refractivity contribution is 5.99. The van der Waals surface area contributed by atoms with Gasteiger partial charge in [-0.05, 0) is 18.2 Å². The second-order valence-corrected chi connectivity index (χ2v) is 7.76. The molecule has 1 saturated heterocycles. The molecule has 1 aliphatic heterocycles.